The second kappa shape index (κ2) is 7.64. The van der Waals surface area contributed by atoms with Gasteiger partial charge in [0.15, 0.2) is 5.82 Å². The Morgan fingerprint density at radius 1 is 1.11 bits per heavy atom. The van der Waals surface area contributed by atoms with Crippen molar-refractivity contribution < 1.29 is 13.6 Å². The molecule has 2 heterocycles. The van der Waals surface area contributed by atoms with Crippen LogP contribution in [-0.4, -0.2) is 53.7 Å². The highest BCUT2D eigenvalue weighted by Crippen LogP contribution is 2.39. The summed E-state index contributed by atoms with van der Waals surface area (Å²) in [5.74, 6) is 0.206. The molecule has 0 atom stereocenters. The minimum absolute atomic E-state index is 0.116. The number of nitrogens with zero attached hydrogens (tertiary/aromatic N) is 3. The van der Waals surface area contributed by atoms with Crippen LogP contribution in [0.15, 0.2) is 24.3 Å². The summed E-state index contributed by atoms with van der Waals surface area (Å²) in [6.07, 6.45) is 2.49. The molecular formula is C19H23F2N5O. The zero-order valence-electron chi connectivity index (χ0n) is 15.0. The number of aromatic nitrogens is 2. The van der Waals surface area contributed by atoms with E-state index in [0.29, 0.717) is 11.5 Å². The van der Waals surface area contributed by atoms with Gasteiger partial charge >= 0.3 is 0 Å². The van der Waals surface area contributed by atoms with Gasteiger partial charge in [0.1, 0.15) is 11.6 Å². The minimum Gasteiger partial charge on any atom is -0.353 e. The van der Waals surface area contributed by atoms with Gasteiger partial charge in [0.05, 0.1) is 6.54 Å². The maximum atomic E-state index is 13.2. The van der Waals surface area contributed by atoms with Crippen LogP contribution in [0, 0.1) is 11.6 Å². The minimum atomic E-state index is -0.640. The molecule has 2 aromatic rings. The van der Waals surface area contributed by atoms with Gasteiger partial charge in [-0.1, -0.05) is 0 Å². The van der Waals surface area contributed by atoms with Crippen LogP contribution in [0.4, 0.5) is 14.6 Å². The summed E-state index contributed by atoms with van der Waals surface area (Å²) in [5, 5.41) is 10.3. The summed E-state index contributed by atoms with van der Waals surface area (Å²) in [5.41, 5.74) is 1.64. The van der Waals surface area contributed by atoms with Crippen molar-refractivity contribution in [3.05, 3.63) is 47.2 Å². The van der Waals surface area contributed by atoms with Gasteiger partial charge in [-0.3, -0.25) is 14.8 Å². The number of anilines is 1. The van der Waals surface area contributed by atoms with Crippen molar-refractivity contribution in [1.29, 1.82) is 0 Å². The number of aromatic amines is 1. The lowest BCUT2D eigenvalue weighted by Gasteiger charge is -2.34. The number of carbonyl (C=O) groups is 1. The van der Waals surface area contributed by atoms with E-state index in [1.54, 1.807) is 0 Å². The molecule has 0 bridgehead atoms. The Bertz CT molecular complexity index is 792. The molecule has 1 aliphatic carbocycles. The summed E-state index contributed by atoms with van der Waals surface area (Å²) in [6, 6.07) is 5.40. The monoisotopic (exact) mass is 375 g/mol. The number of piperazine rings is 1. The summed E-state index contributed by atoms with van der Waals surface area (Å²) >= 11 is 0. The number of hydrogen-bond donors (Lipinski definition) is 2. The molecule has 1 aromatic heterocycles. The molecule has 4 rings (SSSR count). The van der Waals surface area contributed by atoms with E-state index in [9.17, 15) is 13.6 Å². The average Bonchev–Trinajstić information content (AvgIpc) is 3.37. The molecule has 27 heavy (non-hydrogen) atoms. The lowest BCUT2D eigenvalue weighted by molar-refractivity contribution is -0.122. The van der Waals surface area contributed by atoms with Crippen LogP contribution in [0.3, 0.4) is 0 Å². The average molecular weight is 375 g/mol. The molecule has 0 spiro atoms. The number of benzene rings is 1. The molecule has 2 N–H and O–H groups in total. The Hall–Kier alpha value is -2.48. The van der Waals surface area contributed by atoms with E-state index in [-0.39, 0.29) is 19.0 Å². The van der Waals surface area contributed by atoms with E-state index < -0.39 is 11.6 Å². The molecule has 1 saturated carbocycles. The summed E-state index contributed by atoms with van der Waals surface area (Å²) in [7, 11) is 0. The third-order valence-corrected chi connectivity index (χ3v) is 5.08. The van der Waals surface area contributed by atoms with Gasteiger partial charge in [-0.05, 0) is 30.5 Å². The zero-order chi connectivity index (χ0) is 18.8. The molecule has 0 radical (unpaired) electrons. The number of hydrogen-bond acceptors (Lipinski definition) is 4. The van der Waals surface area contributed by atoms with Gasteiger partial charge in [0.25, 0.3) is 0 Å². The van der Waals surface area contributed by atoms with E-state index >= 15 is 0 Å². The van der Waals surface area contributed by atoms with Crippen LogP contribution in [-0.2, 0) is 11.3 Å². The Morgan fingerprint density at radius 3 is 2.48 bits per heavy atom. The maximum absolute atomic E-state index is 13.2. The predicted octanol–water partition coefficient (Wildman–Crippen LogP) is 2.00. The first-order chi connectivity index (χ1) is 13.1. The van der Waals surface area contributed by atoms with Crippen LogP contribution in [0.5, 0.6) is 0 Å². The van der Waals surface area contributed by atoms with Crippen molar-refractivity contribution in [1.82, 2.24) is 20.4 Å². The smallest absolute Gasteiger partial charge is 0.234 e. The van der Waals surface area contributed by atoms with Crippen molar-refractivity contribution in [2.24, 2.45) is 0 Å². The largest absolute Gasteiger partial charge is 0.353 e. The Labute approximate surface area is 156 Å². The molecule has 1 aromatic carbocycles. The van der Waals surface area contributed by atoms with Crippen LogP contribution in [0.1, 0.15) is 30.0 Å². The highest BCUT2D eigenvalue weighted by Gasteiger charge is 2.27. The lowest BCUT2D eigenvalue weighted by atomic mass is 10.2. The predicted molar refractivity (Wildman–Crippen MR) is 97.4 cm³/mol. The van der Waals surface area contributed by atoms with E-state index in [2.05, 4.69) is 31.4 Å². The summed E-state index contributed by atoms with van der Waals surface area (Å²) in [4.78, 5) is 16.4. The van der Waals surface area contributed by atoms with E-state index in [0.717, 1.165) is 38.1 Å². The quantitative estimate of drug-likeness (QED) is 0.811. The molecule has 0 unspecified atom stereocenters. The molecule has 2 aliphatic rings. The van der Waals surface area contributed by atoms with E-state index in [1.165, 1.54) is 30.7 Å². The van der Waals surface area contributed by atoms with Gasteiger partial charge in [0.2, 0.25) is 5.91 Å². The normalized spacial score (nSPS) is 17.9. The van der Waals surface area contributed by atoms with Crippen molar-refractivity contribution in [3.8, 4) is 0 Å². The molecule has 144 valence electrons. The molecule has 1 amide bonds. The van der Waals surface area contributed by atoms with Crippen LogP contribution >= 0.6 is 0 Å². The molecule has 2 fully saturated rings. The Balaban J connectivity index is 1.21. The Kier molecular flexibility index (Phi) is 5.07. The second-order valence-electron chi connectivity index (χ2n) is 7.27. The molecule has 1 aliphatic heterocycles. The number of nitrogens with one attached hydrogen (secondary N) is 2. The first kappa shape index (κ1) is 17.9. The molecule has 6 nitrogen and oxygen atoms in total. The van der Waals surface area contributed by atoms with Crippen LogP contribution < -0.4 is 10.2 Å². The molecule has 8 heteroatoms. The van der Waals surface area contributed by atoms with Crippen molar-refractivity contribution in [3.63, 3.8) is 0 Å². The third kappa shape index (κ3) is 4.63. The van der Waals surface area contributed by atoms with Gasteiger partial charge in [0, 0.05) is 56.5 Å². The Morgan fingerprint density at radius 2 is 1.81 bits per heavy atom. The van der Waals surface area contributed by atoms with Crippen molar-refractivity contribution in [2.45, 2.75) is 25.3 Å². The number of H-pyrrole nitrogens is 1. The number of rotatable bonds is 6. The van der Waals surface area contributed by atoms with Gasteiger partial charge in [-0.15, -0.1) is 0 Å². The SMILES string of the molecule is O=C(CN1CCN(c2cc(C3CC3)[nH]n2)CC1)NCc1cc(F)cc(F)c1. The summed E-state index contributed by atoms with van der Waals surface area (Å²) < 4.78 is 26.4. The first-order valence-electron chi connectivity index (χ1n) is 9.31. The van der Waals surface area contributed by atoms with Crippen molar-refractivity contribution >= 4 is 11.7 Å². The van der Waals surface area contributed by atoms with Gasteiger partial charge < -0.3 is 10.2 Å². The number of halogens is 2. The zero-order valence-corrected chi connectivity index (χ0v) is 15.0. The number of amides is 1. The van der Waals surface area contributed by atoms with Crippen LogP contribution in [0.25, 0.3) is 0 Å². The fraction of sp³-hybridized carbons (Fsp3) is 0.474. The van der Waals surface area contributed by atoms with E-state index in [1.807, 2.05) is 0 Å². The van der Waals surface area contributed by atoms with Gasteiger partial charge in [-0.2, -0.15) is 5.10 Å². The maximum Gasteiger partial charge on any atom is 0.234 e. The van der Waals surface area contributed by atoms with Crippen molar-refractivity contribution in [2.75, 3.05) is 37.6 Å². The highest BCUT2D eigenvalue weighted by molar-refractivity contribution is 5.78. The second-order valence-corrected chi connectivity index (χ2v) is 7.27. The summed E-state index contributed by atoms with van der Waals surface area (Å²) in [6.45, 7) is 3.57. The van der Waals surface area contributed by atoms with Crippen LogP contribution in [0.2, 0.25) is 0 Å². The van der Waals surface area contributed by atoms with Gasteiger partial charge in [-0.25, -0.2) is 8.78 Å². The number of carbonyl (C=O) groups excluding carboxylic acids is 1. The standard InChI is InChI=1S/C19H23F2N5O/c20-15-7-13(8-16(21)9-15)11-22-19(27)12-25-3-5-26(6-4-25)18-10-17(23-24-18)14-1-2-14/h7-10,14H,1-6,11-12H2,(H,22,27)(H,23,24). The molecule has 1 saturated heterocycles. The molecular weight excluding hydrogens is 352 g/mol. The fourth-order valence-electron chi connectivity index (χ4n) is 3.40. The highest BCUT2D eigenvalue weighted by atomic mass is 19.1. The fourth-order valence-corrected chi connectivity index (χ4v) is 3.40. The van der Waals surface area contributed by atoms with E-state index in [4.69, 9.17) is 0 Å². The topological polar surface area (TPSA) is 64.3 Å². The third-order valence-electron chi connectivity index (χ3n) is 5.08. The lowest BCUT2D eigenvalue weighted by Crippen LogP contribution is -2.49. The first-order valence-corrected chi connectivity index (χ1v) is 9.31.